The molecule has 0 saturated heterocycles. The molecule has 2 aliphatic rings. The number of carbonyl (C=O) groups is 1. The van der Waals surface area contributed by atoms with Crippen LogP contribution < -0.4 is 4.74 Å². The van der Waals surface area contributed by atoms with Gasteiger partial charge in [-0.15, -0.1) is 0 Å². The van der Waals surface area contributed by atoms with Gasteiger partial charge in [-0.05, 0) is 71.5 Å². The molecule has 5 nitrogen and oxygen atoms in total. The van der Waals surface area contributed by atoms with Gasteiger partial charge in [-0.2, -0.15) is 4.99 Å². The lowest BCUT2D eigenvalue weighted by atomic mass is 10.1. The van der Waals surface area contributed by atoms with Crippen LogP contribution in [0.15, 0.2) is 80.4 Å². The maximum Gasteiger partial charge on any atom is 0.279 e. The molecule has 0 aromatic heterocycles. The second-order valence-corrected chi connectivity index (χ2v) is 7.55. The molecule has 2 aromatic carbocycles. The van der Waals surface area contributed by atoms with Crippen molar-refractivity contribution in [2.75, 3.05) is 6.61 Å². The molecule has 28 heavy (non-hydrogen) atoms. The molecule has 1 amide bonds. The van der Waals surface area contributed by atoms with Crippen molar-refractivity contribution in [3.8, 4) is 5.75 Å². The summed E-state index contributed by atoms with van der Waals surface area (Å²) in [5, 5.41) is 0. The van der Waals surface area contributed by atoms with Crippen LogP contribution >= 0.6 is 22.6 Å². The van der Waals surface area contributed by atoms with Crippen molar-refractivity contribution in [3.63, 3.8) is 0 Å². The number of allylic oxidation sites excluding steroid dienone is 2. The number of fused-ring (bicyclic) bond motifs is 2. The normalized spacial score (nSPS) is 16.6. The van der Waals surface area contributed by atoms with Gasteiger partial charge in [0.05, 0.1) is 6.61 Å². The minimum absolute atomic E-state index is 0.324. The standard InChI is InChI=1S/C22H18IN3O2/c1-2-28-18-10-7-15(8-11-18)22(27)25-21-19-6-4-3-5-16(19)13-26-14-17(23)9-12-20(26)24-21/h3-12,14H,2,13H2,1H3. The summed E-state index contributed by atoms with van der Waals surface area (Å²) in [6.45, 7) is 3.19. The first kappa shape index (κ1) is 18.6. The van der Waals surface area contributed by atoms with Gasteiger partial charge in [-0.1, -0.05) is 24.3 Å². The van der Waals surface area contributed by atoms with Crippen molar-refractivity contribution in [1.82, 2.24) is 4.90 Å². The highest BCUT2D eigenvalue weighted by Gasteiger charge is 2.21. The van der Waals surface area contributed by atoms with Crippen LogP contribution in [0.3, 0.4) is 0 Å². The number of rotatable bonds is 3. The zero-order chi connectivity index (χ0) is 19.5. The van der Waals surface area contributed by atoms with Gasteiger partial charge in [0.2, 0.25) is 0 Å². The van der Waals surface area contributed by atoms with E-state index in [1.54, 1.807) is 24.3 Å². The molecule has 0 radical (unpaired) electrons. The van der Waals surface area contributed by atoms with E-state index in [1.807, 2.05) is 49.5 Å². The molecule has 0 atom stereocenters. The van der Waals surface area contributed by atoms with E-state index in [4.69, 9.17) is 9.73 Å². The van der Waals surface area contributed by atoms with E-state index in [-0.39, 0.29) is 5.91 Å². The monoisotopic (exact) mass is 483 g/mol. The van der Waals surface area contributed by atoms with Crippen molar-refractivity contribution < 1.29 is 9.53 Å². The average Bonchev–Trinajstić information content (AvgIpc) is 2.85. The summed E-state index contributed by atoms with van der Waals surface area (Å²) in [6.07, 6.45) is 6.00. The quantitative estimate of drug-likeness (QED) is 0.594. The van der Waals surface area contributed by atoms with E-state index < -0.39 is 0 Å². The molecular weight excluding hydrogens is 465 g/mol. The summed E-state index contributed by atoms with van der Waals surface area (Å²) in [4.78, 5) is 23.9. The molecule has 0 fully saturated rings. The molecule has 0 aliphatic carbocycles. The van der Waals surface area contributed by atoms with Crippen LogP contribution in [0.4, 0.5) is 0 Å². The summed E-state index contributed by atoms with van der Waals surface area (Å²) in [6, 6.07) is 14.9. The lowest BCUT2D eigenvalue weighted by Crippen LogP contribution is -2.24. The van der Waals surface area contributed by atoms with Crippen molar-refractivity contribution >= 4 is 40.2 Å². The fourth-order valence-electron chi connectivity index (χ4n) is 3.07. The Kier molecular flexibility index (Phi) is 5.38. The zero-order valence-electron chi connectivity index (χ0n) is 15.3. The SMILES string of the molecule is CCOc1ccc(C(=O)N=C2N=C3C=CC(I)=CN3Cc3ccccc32)cc1. The smallest absolute Gasteiger partial charge is 0.279 e. The van der Waals surface area contributed by atoms with E-state index in [1.165, 1.54) is 0 Å². The molecule has 0 saturated carbocycles. The molecule has 2 aromatic rings. The number of carbonyl (C=O) groups excluding carboxylic acids is 1. The third-order valence-corrected chi connectivity index (χ3v) is 5.04. The van der Waals surface area contributed by atoms with Crippen LogP contribution in [0, 0.1) is 0 Å². The number of benzene rings is 2. The van der Waals surface area contributed by atoms with Crippen LogP contribution in [0.5, 0.6) is 5.75 Å². The summed E-state index contributed by atoms with van der Waals surface area (Å²) < 4.78 is 6.56. The average molecular weight is 483 g/mol. The Balaban J connectivity index is 1.73. The summed E-state index contributed by atoms with van der Waals surface area (Å²) in [5.41, 5.74) is 2.46. The van der Waals surface area contributed by atoms with Gasteiger partial charge in [-0.3, -0.25) is 4.79 Å². The van der Waals surface area contributed by atoms with Gasteiger partial charge < -0.3 is 9.64 Å². The maximum absolute atomic E-state index is 12.8. The molecule has 140 valence electrons. The Morgan fingerprint density at radius 3 is 2.75 bits per heavy atom. The topological polar surface area (TPSA) is 54.3 Å². The largest absolute Gasteiger partial charge is 0.494 e. The summed E-state index contributed by atoms with van der Waals surface area (Å²) >= 11 is 2.28. The number of amides is 1. The Morgan fingerprint density at radius 2 is 1.96 bits per heavy atom. The molecule has 2 heterocycles. The van der Waals surface area contributed by atoms with Crippen molar-refractivity contribution in [1.29, 1.82) is 0 Å². The summed E-state index contributed by atoms with van der Waals surface area (Å²) in [7, 11) is 0. The first-order valence-corrected chi connectivity index (χ1v) is 10.1. The Bertz CT molecular complexity index is 1040. The number of hydrogen-bond acceptors (Lipinski definition) is 3. The van der Waals surface area contributed by atoms with Crippen LogP contribution in [-0.4, -0.2) is 29.1 Å². The van der Waals surface area contributed by atoms with E-state index in [0.29, 0.717) is 24.6 Å². The Morgan fingerprint density at radius 1 is 1.18 bits per heavy atom. The van der Waals surface area contributed by atoms with Crippen LogP contribution in [0.25, 0.3) is 0 Å². The van der Waals surface area contributed by atoms with Gasteiger partial charge in [0.15, 0.2) is 5.84 Å². The van der Waals surface area contributed by atoms with Crippen LogP contribution in [0.2, 0.25) is 0 Å². The van der Waals surface area contributed by atoms with Crippen molar-refractivity contribution in [2.45, 2.75) is 13.5 Å². The predicted molar refractivity (Wildman–Crippen MR) is 119 cm³/mol. The third-order valence-electron chi connectivity index (χ3n) is 4.40. The predicted octanol–water partition coefficient (Wildman–Crippen LogP) is 4.73. The van der Waals surface area contributed by atoms with E-state index in [2.05, 4.69) is 32.5 Å². The minimum atomic E-state index is -0.324. The summed E-state index contributed by atoms with van der Waals surface area (Å²) in [5.74, 6) is 1.61. The molecule has 6 heteroatoms. The molecule has 0 N–H and O–H groups in total. The fourth-order valence-corrected chi connectivity index (χ4v) is 3.59. The molecular formula is C22H18IN3O2. The lowest BCUT2D eigenvalue weighted by molar-refractivity contribution is 0.100. The number of amidine groups is 2. The number of nitrogens with zero attached hydrogens (tertiary/aromatic N) is 3. The molecule has 0 spiro atoms. The highest BCUT2D eigenvalue weighted by atomic mass is 127. The molecule has 0 bridgehead atoms. The zero-order valence-corrected chi connectivity index (χ0v) is 17.5. The Hall–Kier alpha value is -2.74. The van der Waals surface area contributed by atoms with E-state index in [9.17, 15) is 4.79 Å². The highest BCUT2D eigenvalue weighted by Crippen LogP contribution is 2.24. The second-order valence-electron chi connectivity index (χ2n) is 6.30. The van der Waals surface area contributed by atoms with Crippen LogP contribution in [0.1, 0.15) is 28.4 Å². The lowest BCUT2D eigenvalue weighted by Gasteiger charge is -2.21. The first-order chi connectivity index (χ1) is 13.6. The highest BCUT2D eigenvalue weighted by molar-refractivity contribution is 14.1. The van der Waals surface area contributed by atoms with Gasteiger partial charge in [0.25, 0.3) is 5.91 Å². The number of hydrogen-bond donors (Lipinski definition) is 0. The molecule has 2 aliphatic heterocycles. The molecule has 4 rings (SSSR count). The van der Waals surface area contributed by atoms with Crippen LogP contribution in [-0.2, 0) is 6.54 Å². The van der Waals surface area contributed by atoms with Gasteiger partial charge >= 0.3 is 0 Å². The fraction of sp³-hybridized carbons (Fsp3) is 0.136. The van der Waals surface area contributed by atoms with Gasteiger partial charge in [0.1, 0.15) is 11.6 Å². The van der Waals surface area contributed by atoms with Gasteiger partial charge in [0, 0.05) is 27.5 Å². The van der Waals surface area contributed by atoms with Crippen molar-refractivity contribution in [2.24, 2.45) is 9.98 Å². The van der Waals surface area contributed by atoms with Crippen molar-refractivity contribution in [3.05, 3.63) is 87.2 Å². The number of halogens is 1. The first-order valence-electron chi connectivity index (χ1n) is 8.99. The van der Waals surface area contributed by atoms with Gasteiger partial charge in [-0.25, -0.2) is 4.99 Å². The van der Waals surface area contributed by atoms with E-state index in [0.717, 1.165) is 26.3 Å². The molecule has 0 unspecified atom stereocenters. The Labute approximate surface area is 177 Å². The maximum atomic E-state index is 12.8. The van der Waals surface area contributed by atoms with E-state index >= 15 is 0 Å². The third kappa shape index (κ3) is 3.91. The number of ether oxygens (including phenoxy) is 1. The second kappa shape index (κ2) is 8.10. The number of aliphatic imine (C=N–C) groups is 2. The minimum Gasteiger partial charge on any atom is -0.494 e.